The van der Waals surface area contributed by atoms with E-state index in [1.807, 2.05) is 0 Å². The van der Waals surface area contributed by atoms with E-state index in [1.165, 1.54) is 48.3 Å². The minimum absolute atomic E-state index is 0.0469. The van der Waals surface area contributed by atoms with Crippen LogP contribution in [0.3, 0.4) is 0 Å². The van der Waals surface area contributed by atoms with Gasteiger partial charge in [-0.25, -0.2) is 8.78 Å². The lowest BCUT2D eigenvalue weighted by molar-refractivity contribution is 0.0988. The van der Waals surface area contributed by atoms with Crippen molar-refractivity contribution in [2.24, 2.45) is 0 Å². The van der Waals surface area contributed by atoms with E-state index in [9.17, 15) is 13.6 Å². The lowest BCUT2D eigenvalue weighted by atomic mass is 10.1. The van der Waals surface area contributed by atoms with E-state index in [0.717, 1.165) is 0 Å². The number of benzene rings is 2. The Kier molecular flexibility index (Phi) is 3.95. The van der Waals surface area contributed by atoms with Crippen molar-refractivity contribution in [3.63, 3.8) is 0 Å². The van der Waals surface area contributed by atoms with E-state index in [4.69, 9.17) is 0 Å². The van der Waals surface area contributed by atoms with Crippen LogP contribution >= 0.6 is 15.9 Å². The van der Waals surface area contributed by atoms with Crippen LogP contribution in [0.2, 0.25) is 0 Å². The van der Waals surface area contributed by atoms with Gasteiger partial charge in [-0.1, -0.05) is 6.07 Å². The fraction of sp³-hybridized carbons (Fsp3) is 0.0714. The van der Waals surface area contributed by atoms with Crippen molar-refractivity contribution in [2.45, 2.75) is 0 Å². The van der Waals surface area contributed by atoms with Gasteiger partial charge in [-0.2, -0.15) is 0 Å². The highest BCUT2D eigenvalue weighted by molar-refractivity contribution is 9.10. The second-order valence-corrected chi connectivity index (χ2v) is 4.79. The van der Waals surface area contributed by atoms with Gasteiger partial charge in [0.1, 0.15) is 11.6 Å². The summed E-state index contributed by atoms with van der Waals surface area (Å²) < 4.78 is 26.9. The average molecular weight is 326 g/mol. The monoisotopic (exact) mass is 325 g/mol. The largest absolute Gasteiger partial charge is 0.311 e. The smallest absolute Gasteiger partial charge is 0.262 e. The van der Waals surface area contributed by atoms with Crippen LogP contribution in [0, 0.1) is 11.6 Å². The summed E-state index contributed by atoms with van der Waals surface area (Å²) in [5.41, 5.74) is 0.441. The topological polar surface area (TPSA) is 20.3 Å². The van der Waals surface area contributed by atoms with E-state index in [1.54, 1.807) is 6.07 Å². The predicted octanol–water partition coefficient (Wildman–Crippen LogP) is 4.00. The van der Waals surface area contributed by atoms with Gasteiger partial charge < -0.3 is 4.90 Å². The molecule has 98 valence electrons. The molecule has 0 aliphatic rings. The van der Waals surface area contributed by atoms with Gasteiger partial charge in [0.2, 0.25) is 0 Å². The molecule has 0 saturated heterocycles. The zero-order valence-electron chi connectivity index (χ0n) is 10.0. The number of hydrogen-bond donors (Lipinski definition) is 0. The lowest BCUT2D eigenvalue weighted by Gasteiger charge is -2.18. The fourth-order valence-electron chi connectivity index (χ4n) is 1.65. The van der Waals surface area contributed by atoms with Gasteiger partial charge in [-0.3, -0.25) is 4.79 Å². The van der Waals surface area contributed by atoms with E-state index < -0.39 is 17.5 Å². The summed E-state index contributed by atoms with van der Waals surface area (Å²) in [6.07, 6.45) is 0. The first-order valence-corrected chi connectivity index (χ1v) is 6.27. The van der Waals surface area contributed by atoms with Gasteiger partial charge in [0.25, 0.3) is 5.91 Å². The maximum atomic E-state index is 13.7. The normalized spacial score (nSPS) is 10.3. The number of carbonyl (C=O) groups excluding carboxylic acids is 1. The highest BCUT2D eigenvalue weighted by Crippen LogP contribution is 2.23. The Balaban J connectivity index is 2.36. The summed E-state index contributed by atoms with van der Waals surface area (Å²) in [5.74, 6) is -1.50. The molecular weight excluding hydrogens is 316 g/mol. The summed E-state index contributed by atoms with van der Waals surface area (Å²) in [5, 5.41) is 0. The summed E-state index contributed by atoms with van der Waals surface area (Å²) in [4.78, 5) is 13.5. The molecule has 0 aliphatic heterocycles. The zero-order chi connectivity index (χ0) is 14.0. The van der Waals surface area contributed by atoms with Crippen molar-refractivity contribution in [2.75, 3.05) is 11.9 Å². The average Bonchev–Trinajstić information content (AvgIpc) is 2.38. The number of halogens is 3. The number of nitrogens with zero attached hydrogens (tertiary/aromatic N) is 1. The van der Waals surface area contributed by atoms with E-state index in [2.05, 4.69) is 15.9 Å². The van der Waals surface area contributed by atoms with Crippen LogP contribution in [0.4, 0.5) is 14.5 Å². The van der Waals surface area contributed by atoms with Crippen LogP contribution in [0.25, 0.3) is 0 Å². The number of carbonyl (C=O) groups is 1. The van der Waals surface area contributed by atoms with Crippen LogP contribution in [-0.2, 0) is 0 Å². The minimum atomic E-state index is -0.603. The Bertz CT molecular complexity index is 593. The van der Waals surface area contributed by atoms with Crippen LogP contribution < -0.4 is 4.90 Å². The van der Waals surface area contributed by atoms with Crippen molar-refractivity contribution in [3.05, 3.63) is 64.1 Å². The van der Waals surface area contributed by atoms with E-state index in [0.29, 0.717) is 10.2 Å². The molecule has 0 heterocycles. The first kappa shape index (κ1) is 13.7. The quantitative estimate of drug-likeness (QED) is 0.817. The van der Waals surface area contributed by atoms with Crippen molar-refractivity contribution in [1.29, 1.82) is 0 Å². The highest BCUT2D eigenvalue weighted by atomic mass is 79.9. The SMILES string of the molecule is CN(C(=O)c1c(F)cccc1Br)c1ccc(F)cc1. The number of amides is 1. The molecule has 0 aliphatic carbocycles. The van der Waals surface area contributed by atoms with Crippen molar-refractivity contribution in [1.82, 2.24) is 0 Å². The maximum Gasteiger partial charge on any atom is 0.262 e. The Morgan fingerprint density at radius 2 is 1.74 bits per heavy atom. The molecule has 2 aromatic carbocycles. The van der Waals surface area contributed by atoms with Crippen molar-refractivity contribution in [3.8, 4) is 0 Å². The van der Waals surface area contributed by atoms with Gasteiger partial charge in [-0.05, 0) is 52.3 Å². The number of rotatable bonds is 2. The Morgan fingerprint density at radius 3 is 2.32 bits per heavy atom. The third-order valence-electron chi connectivity index (χ3n) is 2.70. The first-order valence-electron chi connectivity index (χ1n) is 5.48. The number of hydrogen-bond acceptors (Lipinski definition) is 1. The third kappa shape index (κ3) is 2.81. The maximum absolute atomic E-state index is 13.7. The van der Waals surface area contributed by atoms with Crippen LogP contribution in [-0.4, -0.2) is 13.0 Å². The molecule has 0 saturated carbocycles. The summed E-state index contributed by atoms with van der Waals surface area (Å²) in [7, 11) is 1.51. The van der Waals surface area contributed by atoms with E-state index >= 15 is 0 Å². The molecule has 2 aromatic rings. The molecule has 2 nitrogen and oxygen atoms in total. The summed E-state index contributed by atoms with van der Waals surface area (Å²) in [6.45, 7) is 0. The summed E-state index contributed by atoms with van der Waals surface area (Å²) in [6, 6.07) is 9.73. The summed E-state index contributed by atoms with van der Waals surface area (Å²) >= 11 is 3.15. The lowest BCUT2D eigenvalue weighted by Crippen LogP contribution is -2.27. The molecule has 5 heteroatoms. The molecule has 0 aromatic heterocycles. The third-order valence-corrected chi connectivity index (χ3v) is 3.36. The van der Waals surface area contributed by atoms with Gasteiger partial charge >= 0.3 is 0 Å². The Labute approximate surface area is 117 Å². The molecule has 0 N–H and O–H groups in total. The predicted molar refractivity (Wildman–Crippen MR) is 73.2 cm³/mol. The van der Waals surface area contributed by atoms with Crippen LogP contribution in [0.1, 0.15) is 10.4 Å². The standard InChI is InChI=1S/C14H10BrF2NO/c1-18(10-7-5-9(16)6-8-10)14(19)13-11(15)3-2-4-12(13)17/h2-8H,1H3. The second kappa shape index (κ2) is 5.48. The highest BCUT2D eigenvalue weighted by Gasteiger charge is 2.20. The Hall–Kier alpha value is -1.75. The molecule has 0 bridgehead atoms. The molecular formula is C14H10BrF2NO. The van der Waals surface area contributed by atoms with E-state index in [-0.39, 0.29) is 5.56 Å². The van der Waals surface area contributed by atoms with Crippen LogP contribution in [0.5, 0.6) is 0 Å². The first-order chi connectivity index (χ1) is 9.00. The van der Waals surface area contributed by atoms with Gasteiger partial charge in [0.05, 0.1) is 5.56 Å². The van der Waals surface area contributed by atoms with Gasteiger partial charge in [0.15, 0.2) is 0 Å². The Morgan fingerprint density at radius 1 is 1.11 bits per heavy atom. The molecule has 0 spiro atoms. The van der Waals surface area contributed by atoms with Gasteiger partial charge in [-0.15, -0.1) is 0 Å². The minimum Gasteiger partial charge on any atom is -0.311 e. The van der Waals surface area contributed by atoms with Gasteiger partial charge in [0, 0.05) is 17.2 Å². The molecule has 19 heavy (non-hydrogen) atoms. The molecule has 0 radical (unpaired) electrons. The fourth-order valence-corrected chi connectivity index (χ4v) is 2.16. The number of anilines is 1. The zero-order valence-corrected chi connectivity index (χ0v) is 11.6. The molecule has 0 fully saturated rings. The van der Waals surface area contributed by atoms with Crippen LogP contribution in [0.15, 0.2) is 46.9 Å². The molecule has 0 unspecified atom stereocenters. The molecule has 0 atom stereocenters. The van der Waals surface area contributed by atoms with Crippen molar-refractivity contribution >= 4 is 27.5 Å². The molecule has 1 amide bonds. The van der Waals surface area contributed by atoms with Crippen molar-refractivity contribution < 1.29 is 13.6 Å². The molecule has 2 rings (SSSR count). The second-order valence-electron chi connectivity index (χ2n) is 3.94.